The lowest BCUT2D eigenvalue weighted by Crippen LogP contribution is -2.06. The molecule has 0 unspecified atom stereocenters. The van der Waals surface area contributed by atoms with E-state index in [-0.39, 0.29) is 0 Å². The molecule has 0 aliphatic heterocycles. The molecule has 0 saturated carbocycles. The molecule has 0 bridgehead atoms. The molecule has 0 fully saturated rings. The van der Waals surface area contributed by atoms with E-state index < -0.39 is 5.91 Å². The van der Waals surface area contributed by atoms with Gasteiger partial charge in [0.1, 0.15) is 0 Å². The molecule has 0 spiro atoms. The van der Waals surface area contributed by atoms with Gasteiger partial charge < -0.3 is 11.5 Å². The van der Waals surface area contributed by atoms with E-state index >= 15 is 0 Å². The number of carbonyl (C=O) groups excluding carboxylic acids is 1. The minimum Gasteiger partial charge on any atom is -0.399 e. The van der Waals surface area contributed by atoms with Crippen molar-refractivity contribution in [1.82, 2.24) is 0 Å². The molecule has 0 atom stereocenters. The fourth-order valence-corrected chi connectivity index (χ4v) is 0.189. The number of primary amides is 1. The molecule has 3 heteroatoms. The zero-order valence-corrected chi connectivity index (χ0v) is 4.42. The van der Waals surface area contributed by atoms with Crippen molar-refractivity contribution in [1.29, 1.82) is 0 Å². The van der Waals surface area contributed by atoms with E-state index in [0.29, 0.717) is 5.70 Å². The van der Waals surface area contributed by atoms with Crippen LogP contribution in [0.25, 0.3) is 0 Å². The Morgan fingerprint density at radius 3 is 2.00 bits per heavy atom. The lowest BCUT2D eigenvalue weighted by atomic mass is 10.4. The van der Waals surface area contributed by atoms with Crippen molar-refractivity contribution < 1.29 is 4.79 Å². The summed E-state index contributed by atoms with van der Waals surface area (Å²) in [5.41, 5.74) is 10.1. The molecule has 8 heavy (non-hydrogen) atoms. The number of carbonyl (C=O) groups is 1. The first kappa shape index (κ1) is 6.75. The van der Waals surface area contributed by atoms with Crippen molar-refractivity contribution in [3.63, 3.8) is 0 Å². The molecule has 44 valence electrons. The number of rotatable bonds is 2. The van der Waals surface area contributed by atoms with Crippen LogP contribution in [0.15, 0.2) is 24.4 Å². The van der Waals surface area contributed by atoms with Crippen molar-refractivity contribution >= 4 is 5.91 Å². The van der Waals surface area contributed by atoms with Crippen LogP contribution in [0.5, 0.6) is 0 Å². The highest BCUT2D eigenvalue weighted by Gasteiger charge is 1.79. The maximum Gasteiger partial charge on any atom is 0.241 e. The predicted octanol–water partition coefficient (Wildman–Crippen LogP) is -0.500. The molecule has 3 nitrogen and oxygen atoms in total. The van der Waals surface area contributed by atoms with E-state index in [9.17, 15) is 4.79 Å². The van der Waals surface area contributed by atoms with Gasteiger partial charge in [-0.25, -0.2) is 0 Å². The molecule has 0 aliphatic carbocycles. The summed E-state index contributed by atoms with van der Waals surface area (Å²) in [7, 11) is 0. The summed E-state index contributed by atoms with van der Waals surface area (Å²) >= 11 is 0. The second-order valence-corrected chi connectivity index (χ2v) is 1.31. The van der Waals surface area contributed by atoms with Crippen LogP contribution in [-0.4, -0.2) is 5.91 Å². The van der Waals surface area contributed by atoms with Crippen LogP contribution in [-0.2, 0) is 4.79 Å². The van der Waals surface area contributed by atoms with Crippen LogP contribution >= 0.6 is 0 Å². The Morgan fingerprint density at radius 1 is 1.38 bits per heavy atom. The highest BCUT2D eigenvalue weighted by atomic mass is 16.1. The molecular formula is C5H8N2O. The van der Waals surface area contributed by atoms with E-state index in [1.807, 2.05) is 0 Å². The van der Waals surface area contributed by atoms with Crippen LogP contribution in [0.3, 0.4) is 0 Å². The zero-order chi connectivity index (χ0) is 6.57. The molecular weight excluding hydrogens is 104 g/mol. The summed E-state index contributed by atoms with van der Waals surface area (Å²) in [6.45, 7) is 3.31. The highest BCUT2D eigenvalue weighted by molar-refractivity contribution is 5.86. The van der Waals surface area contributed by atoms with Crippen molar-refractivity contribution in [2.24, 2.45) is 11.5 Å². The van der Waals surface area contributed by atoms with Gasteiger partial charge in [0.05, 0.1) is 0 Å². The van der Waals surface area contributed by atoms with Crippen LogP contribution in [0.2, 0.25) is 0 Å². The van der Waals surface area contributed by atoms with E-state index in [4.69, 9.17) is 11.5 Å². The summed E-state index contributed by atoms with van der Waals surface area (Å²) in [5.74, 6) is -0.517. The standard InChI is InChI=1S/C5H8N2O/c1-4(6)2-3-5(7)8/h2-3H,1,6H2,(H2,7,8). The average molecular weight is 112 g/mol. The zero-order valence-electron chi connectivity index (χ0n) is 4.42. The van der Waals surface area contributed by atoms with Crippen LogP contribution in [0.4, 0.5) is 0 Å². The lowest BCUT2D eigenvalue weighted by Gasteiger charge is -1.81. The first-order valence-electron chi connectivity index (χ1n) is 2.05. The van der Waals surface area contributed by atoms with Crippen molar-refractivity contribution in [3.8, 4) is 0 Å². The quantitative estimate of drug-likeness (QED) is 0.373. The van der Waals surface area contributed by atoms with E-state index in [1.165, 1.54) is 6.08 Å². The number of amides is 1. The maximum atomic E-state index is 9.94. The molecule has 0 saturated heterocycles. The van der Waals surface area contributed by atoms with Gasteiger partial charge >= 0.3 is 0 Å². The third kappa shape index (κ3) is 4.75. The molecule has 0 radical (unpaired) electrons. The van der Waals surface area contributed by atoms with Gasteiger partial charge in [0.25, 0.3) is 0 Å². The molecule has 0 aliphatic rings. The molecule has 4 N–H and O–H groups in total. The monoisotopic (exact) mass is 112 g/mol. The fourth-order valence-electron chi connectivity index (χ4n) is 0.189. The van der Waals surface area contributed by atoms with Crippen LogP contribution in [0, 0.1) is 0 Å². The van der Waals surface area contributed by atoms with Gasteiger partial charge in [-0.05, 0) is 6.08 Å². The predicted molar refractivity (Wildman–Crippen MR) is 31.7 cm³/mol. The highest BCUT2D eigenvalue weighted by Crippen LogP contribution is 1.77. The third-order valence-corrected chi connectivity index (χ3v) is 0.462. The third-order valence-electron chi connectivity index (χ3n) is 0.462. The van der Waals surface area contributed by atoms with Crippen LogP contribution in [0.1, 0.15) is 0 Å². The van der Waals surface area contributed by atoms with Crippen molar-refractivity contribution in [2.45, 2.75) is 0 Å². The minimum absolute atomic E-state index is 0.323. The average Bonchev–Trinajstić information content (AvgIpc) is 1.61. The smallest absolute Gasteiger partial charge is 0.241 e. The Balaban J connectivity index is 3.67. The first-order valence-corrected chi connectivity index (χ1v) is 2.05. The molecule has 0 aromatic carbocycles. The van der Waals surface area contributed by atoms with E-state index in [0.717, 1.165) is 6.08 Å². The van der Waals surface area contributed by atoms with E-state index in [2.05, 4.69) is 6.58 Å². The summed E-state index contributed by atoms with van der Waals surface area (Å²) in [6, 6.07) is 0. The molecule has 0 aromatic heterocycles. The largest absolute Gasteiger partial charge is 0.399 e. The number of allylic oxidation sites excluding steroid dienone is 1. The molecule has 0 rings (SSSR count). The molecule has 0 heterocycles. The second kappa shape index (κ2) is 2.85. The van der Waals surface area contributed by atoms with Gasteiger partial charge in [0.15, 0.2) is 0 Å². The minimum atomic E-state index is -0.517. The van der Waals surface area contributed by atoms with Gasteiger partial charge in [-0.3, -0.25) is 4.79 Å². The summed E-state index contributed by atoms with van der Waals surface area (Å²) < 4.78 is 0. The Bertz CT molecular complexity index is 121. The summed E-state index contributed by atoms with van der Waals surface area (Å²) in [6.07, 6.45) is 2.50. The maximum absolute atomic E-state index is 9.94. The van der Waals surface area contributed by atoms with Crippen LogP contribution < -0.4 is 11.5 Å². The number of nitrogens with two attached hydrogens (primary N) is 2. The van der Waals surface area contributed by atoms with E-state index in [1.54, 1.807) is 0 Å². The Hall–Kier alpha value is -1.25. The topological polar surface area (TPSA) is 69.1 Å². The molecule has 0 aromatic rings. The van der Waals surface area contributed by atoms with Crippen molar-refractivity contribution in [3.05, 3.63) is 24.4 Å². The van der Waals surface area contributed by atoms with Gasteiger partial charge in [0, 0.05) is 11.8 Å². The Kier molecular flexibility index (Phi) is 2.40. The normalized spacial score (nSPS) is 9.50. The molecule has 1 amide bonds. The fraction of sp³-hybridized carbons (Fsp3) is 0. The van der Waals surface area contributed by atoms with Gasteiger partial charge in [-0.15, -0.1) is 0 Å². The Morgan fingerprint density at radius 2 is 1.88 bits per heavy atom. The summed E-state index contributed by atoms with van der Waals surface area (Å²) in [4.78, 5) is 9.94. The van der Waals surface area contributed by atoms with Gasteiger partial charge in [-0.2, -0.15) is 0 Å². The Labute approximate surface area is 47.7 Å². The lowest BCUT2D eigenvalue weighted by molar-refractivity contribution is -0.113. The van der Waals surface area contributed by atoms with Gasteiger partial charge in [0.2, 0.25) is 5.91 Å². The number of hydrogen-bond donors (Lipinski definition) is 2. The number of hydrogen-bond acceptors (Lipinski definition) is 2. The SMILES string of the molecule is C=C(N)C=CC(N)=O. The summed E-state index contributed by atoms with van der Waals surface area (Å²) in [5, 5.41) is 0. The first-order chi connectivity index (χ1) is 3.63. The second-order valence-electron chi connectivity index (χ2n) is 1.31. The van der Waals surface area contributed by atoms with Crippen molar-refractivity contribution in [2.75, 3.05) is 0 Å². The van der Waals surface area contributed by atoms with Gasteiger partial charge in [-0.1, -0.05) is 6.58 Å².